The fourth-order valence-electron chi connectivity index (χ4n) is 6.14. The zero-order valence-electron chi connectivity index (χ0n) is 22.5. The van der Waals surface area contributed by atoms with E-state index in [2.05, 4.69) is 41.5 Å². The number of benzene rings is 1. The number of hydrogen-bond acceptors (Lipinski definition) is 4. The molecule has 36 heavy (non-hydrogen) atoms. The van der Waals surface area contributed by atoms with Gasteiger partial charge in [0.2, 0.25) is 0 Å². The zero-order chi connectivity index (χ0) is 26.8. The van der Waals surface area contributed by atoms with E-state index in [0.29, 0.717) is 24.7 Å². The second kappa shape index (κ2) is 11.9. The first-order valence-electron chi connectivity index (χ1n) is 13.5. The number of alkyl halides is 3. The van der Waals surface area contributed by atoms with Gasteiger partial charge in [-0.05, 0) is 67.3 Å². The van der Waals surface area contributed by atoms with Gasteiger partial charge in [0.15, 0.2) is 5.85 Å². The number of halogens is 3. The summed E-state index contributed by atoms with van der Waals surface area (Å²) in [7, 11) is -4.42. The minimum absolute atomic E-state index is 0.0920. The molecule has 2 saturated carbocycles. The van der Waals surface area contributed by atoms with Crippen molar-refractivity contribution in [1.82, 2.24) is 0 Å². The first kappa shape index (κ1) is 29.7. The Balaban J connectivity index is 2.04. The molecule has 2 aliphatic carbocycles. The summed E-state index contributed by atoms with van der Waals surface area (Å²) < 4.78 is 68.8. The number of aliphatic hydroxyl groups excluding tert-OH is 1. The van der Waals surface area contributed by atoms with Gasteiger partial charge in [-0.15, -0.1) is 0 Å². The van der Waals surface area contributed by atoms with E-state index < -0.39 is 43.0 Å². The van der Waals surface area contributed by atoms with Crippen molar-refractivity contribution in [3.63, 3.8) is 0 Å². The first-order chi connectivity index (χ1) is 16.7. The van der Waals surface area contributed by atoms with Gasteiger partial charge in [0.05, 0.1) is 17.8 Å². The second-order valence-electron chi connectivity index (χ2n) is 11.9. The van der Waals surface area contributed by atoms with Crippen molar-refractivity contribution in [2.24, 2.45) is 35.5 Å². The summed E-state index contributed by atoms with van der Waals surface area (Å²) in [6.45, 7) is 12.5. The van der Waals surface area contributed by atoms with E-state index in [1.54, 1.807) is 0 Å². The van der Waals surface area contributed by atoms with Crippen molar-refractivity contribution in [3.8, 4) is 0 Å². The normalized spacial score (nSPS) is 32.4. The van der Waals surface area contributed by atoms with Crippen LogP contribution in [0.5, 0.6) is 0 Å². The van der Waals surface area contributed by atoms with Crippen LogP contribution >= 0.6 is 7.60 Å². The molecule has 206 valence electrons. The average Bonchev–Trinajstić information content (AvgIpc) is 2.77. The quantitative estimate of drug-likeness (QED) is 0.340. The van der Waals surface area contributed by atoms with Gasteiger partial charge in [-0.3, -0.25) is 4.57 Å². The van der Waals surface area contributed by atoms with Crippen LogP contribution in [0.25, 0.3) is 0 Å². The Bertz CT molecular complexity index is 865. The van der Waals surface area contributed by atoms with Gasteiger partial charge < -0.3 is 14.2 Å². The minimum Gasteiger partial charge on any atom is -0.376 e. The molecule has 7 unspecified atom stereocenters. The molecule has 3 rings (SSSR count). The Labute approximate surface area is 214 Å². The second-order valence-corrected chi connectivity index (χ2v) is 13.9. The van der Waals surface area contributed by atoms with E-state index in [1.807, 2.05) is 0 Å². The molecule has 1 aromatic carbocycles. The lowest BCUT2D eigenvalue weighted by Gasteiger charge is -2.42. The molecule has 0 spiro atoms. The van der Waals surface area contributed by atoms with Crippen LogP contribution in [0.3, 0.4) is 0 Å². The lowest BCUT2D eigenvalue weighted by molar-refractivity contribution is -0.138. The highest BCUT2D eigenvalue weighted by atomic mass is 31.2. The Morgan fingerprint density at radius 3 is 1.72 bits per heavy atom. The summed E-state index contributed by atoms with van der Waals surface area (Å²) in [5.74, 6) is -0.691. The summed E-state index contributed by atoms with van der Waals surface area (Å²) in [6.07, 6.45) is -0.538. The third-order valence-corrected chi connectivity index (χ3v) is 10.3. The smallest absolute Gasteiger partial charge is 0.376 e. The highest BCUT2D eigenvalue weighted by Gasteiger charge is 2.48. The third kappa shape index (κ3) is 6.95. The topological polar surface area (TPSA) is 55.8 Å². The van der Waals surface area contributed by atoms with Crippen LogP contribution in [0, 0.1) is 35.5 Å². The van der Waals surface area contributed by atoms with Crippen molar-refractivity contribution in [1.29, 1.82) is 0 Å². The molecule has 1 N–H and O–H groups in total. The van der Waals surface area contributed by atoms with Gasteiger partial charge >= 0.3 is 13.8 Å². The molecule has 0 heterocycles. The van der Waals surface area contributed by atoms with Crippen molar-refractivity contribution >= 4 is 7.60 Å². The van der Waals surface area contributed by atoms with Crippen LogP contribution < -0.4 is 0 Å². The molecule has 2 fully saturated rings. The molecule has 2 aliphatic rings. The molecule has 0 radical (unpaired) electrons. The SMILES string of the molecule is CC1CCC(C(C)C)C(OP(=O)(OC2CC(C)CCC2C(C)C)C(O)c2ccccc2C(F)(F)F)C1. The monoisotopic (exact) mass is 532 g/mol. The maximum absolute atomic E-state index is 14.6. The highest BCUT2D eigenvalue weighted by molar-refractivity contribution is 7.54. The summed E-state index contributed by atoms with van der Waals surface area (Å²) in [4.78, 5) is 0. The van der Waals surface area contributed by atoms with E-state index in [1.165, 1.54) is 18.2 Å². The Morgan fingerprint density at radius 2 is 1.31 bits per heavy atom. The van der Waals surface area contributed by atoms with Gasteiger partial charge in [-0.2, -0.15) is 13.2 Å². The number of rotatable bonds is 8. The van der Waals surface area contributed by atoms with E-state index in [4.69, 9.17) is 9.05 Å². The maximum atomic E-state index is 14.6. The van der Waals surface area contributed by atoms with Crippen molar-refractivity contribution in [3.05, 3.63) is 35.4 Å². The molecular weight excluding hydrogens is 488 g/mol. The molecule has 0 amide bonds. The van der Waals surface area contributed by atoms with E-state index in [0.717, 1.165) is 31.7 Å². The Hall–Kier alpha value is -0.880. The maximum Gasteiger partial charge on any atom is 0.416 e. The van der Waals surface area contributed by atoms with Gasteiger partial charge in [-0.25, -0.2) is 0 Å². The fourth-order valence-corrected chi connectivity index (χ4v) is 8.23. The van der Waals surface area contributed by atoms with Gasteiger partial charge in [-0.1, -0.05) is 72.6 Å². The van der Waals surface area contributed by atoms with E-state index >= 15 is 0 Å². The fraction of sp³-hybridized carbons (Fsp3) is 0.786. The van der Waals surface area contributed by atoms with Crippen molar-refractivity contribution in [2.75, 3.05) is 0 Å². The molecule has 0 bridgehead atoms. The molecule has 1 aromatic rings. The summed E-state index contributed by atoms with van der Waals surface area (Å²) in [5, 5.41) is 11.4. The molecule has 0 aromatic heterocycles. The van der Waals surface area contributed by atoms with E-state index in [9.17, 15) is 22.8 Å². The number of hydrogen-bond donors (Lipinski definition) is 1. The number of aliphatic hydroxyl groups is 1. The molecular formula is C28H44F3O4P. The molecule has 0 saturated heterocycles. The van der Waals surface area contributed by atoms with Gasteiger partial charge in [0.25, 0.3) is 0 Å². The largest absolute Gasteiger partial charge is 0.416 e. The highest BCUT2D eigenvalue weighted by Crippen LogP contribution is 2.65. The summed E-state index contributed by atoms with van der Waals surface area (Å²) >= 11 is 0. The van der Waals surface area contributed by atoms with Crippen molar-refractivity contribution < 1.29 is 31.9 Å². The predicted octanol–water partition coefficient (Wildman–Crippen LogP) is 8.84. The third-order valence-electron chi connectivity index (χ3n) is 8.33. The molecule has 8 heteroatoms. The van der Waals surface area contributed by atoms with Gasteiger partial charge in [0.1, 0.15) is 0 Å². The van der Waals surface area contributed by atoms with Crippen LogP contribution in [0.1, 0.15) is 97.0 Å². The van der Waals surface area contributed by atoms with Crippen molar-refractivity contribution in [2.45, 2.75) is 104 Å². The minimum atomic E-state index is -4.71. The lowest BCUT2D eigenvalue weighted by atomic mass is 9.75. The van der Waals surface area contributed by atoms with Crippen LogP contribution in [0.4, 0.5) is 13.2 Å². The molecule has 7 atom stereocenters. The average molecular weight is 533 g/mol. The van der Waals surface area contributed by atoms with E-state index in [-0.39, 0.29) is 23.7 Å². The Kier molecular flexibility index (Phi) is 9.80. The first-order valence-corrected chi connectivity index (χ1v) is 15.1. The molecule has 4 nitrogen and oxygen atoms in total. The van der Waals surface area contributed by atoms with Crippen LogP contribution in [-0.4, -0.2) is 17.3 Å². The summed E-state index contributed by atoms with van der Waals surface area (Å²) in [5.41, 5.74) is -1.47. The zero-order valence-corrected chi connectivity index (χ0v) is 23.4. The van der Waals surface area contributed by atoms with Crippen LogP contribution in [-0.2, 0) is 19.8 Å². The lowest BCUT2D eigenvalue weighted by Crippen LogP contribution is -2.37. The standard InChI is InChI=1S/C28H44F3O4P/c1-17(2)21-13-11-19(5)15-25(21)34-36(33,35-26-16-20(6)12-14-22(26)18(3)4)27(32)23-9-7-8-10-24(23)28(29,30)31/h7-10,17-22,25-27,32H,11-16H2,1-6H3. The predicted molar refractivity (Wildman–Crippen MR) is 136 cm³/mol. The van der Waals surface area contributed by atoms with Gasteiger partial charge in [0, 0.05) is 5.56 Å². The molecule has 0 aliphatic heterocycles. The van der Waals surface area contributed by atoms with Crippen LogP contribution in [0.2, 0.25) is 0 Å². The summed E-state index contributed by atoms with van der Waals surface area (Å²) in [6, 6.07) is 4.76. The van der Waals surface area contributed by atoms with Crippen LogP contribution in [0.15, 0.2) is 24.3 Å². The Morgan fingerprint density at radius 1 is 0.861 bits per heavy atom.